The second-order valence-corrected chi connectivity index (χ2v) is 12.3. The van der Waals surface area contributed by atoms with E-state index in [1.807, 2.05) is 52.0 Å². The summed E-state index contributed by atoms with van der Waals surface area (Å²) in [6, 6.07) is 23.5. The van der Waals surface area contributed by atoms with Crippen molar-refractivity contribution in [3.8, 4) is 23.0 Å². The predicted molar refractivity (Wildman–Crippen MR) is 172 cm³/mol. The molecule has 0 bridgehead atoms. The van der Waals surface area contributed by atoms with E-state index in [0.717, 1.165) is 41.5 Å². The molecule has 0 aromatic heterocycles. The highest BCUT2D eigenvalue weighted by molar-refractivity contribution is 5.51. The van der Waals surface area contributed by atoms with E-state index in [2.05, 4.69) is 38.1 Å². The quantitative estimate of drug-likeness (QED) is 0.194. The summed E-state index contributed by atoms with van der Waals surface area (Å²) in [5.41, 5.74) is 8.43. The summed E-state index contributed by atoms with van der Waals surface area (Å²) in [7, 11) is 0. The molecule has 1 saturated carbocycles. The number of aromatic hydroxyl groups is 4. The summed E-state index contributed by atoms with van der Waals surface area (Å²) in [6.45, 7) is 12.2. The minimum absolute atomic E-state index is 0.0274. The molecular weight excluding hydrogens is 520 g/mol. The van der Waals surface area contributed by atoms with Gasteiger partial charge in [-0.2, -0.15) is 0 Å². The van der Waals surface area contributed by atoms with Gasteiger partial charge in [0.2, 0.25) is 0 Å². The van der Waals surface area contributed by atoms with E-state index in [1.54, 1.807) is 24.3 Å². The molecule has 4 N–H and O–H groups in total. The fraction of sp³-hybridized carbons (Fsp3) is 0.368. The Morgan fingerprint density at radius 3 is 1.21 bits per heavy atom. The van der Waals surface area contributed by atoms with Crippen LogP contribution in [-0.2, 0) is 10.8 Å². The molecule has 1 aliphatic rings. The highest BCUT2D eigenvalue weighted by Crippen LogP contribution is 2.45. The molecule has 0 amide bonds. The Bertz CT molecular complexity index is 1360. The Hall–Kier alpha value is -3.92. The van der Waals surface area contributed by atoms with Crippen molar-refractivity contribution in [2.75, 3.05) is 0 Å². The molecule has 4 aromatic rings. The Balaban J connectivity index is 0.000000193. The standard InChI is InChI=1S/C20H26O2.C18H20O2/c1-7-20(6,16-8-12(2)18(21)13(3)9-16)17-10-14(4)19(22)15(5)11-17;19-16-8-4-14(5-9-16)18(12-2-1-3-13-18)15-6-10-17(20)11-7-15/h8-11,21-22H,7H2,1-6H3;4-11,19-20H,1-3,12-13H2. The lowest BCUT2D eigenvalue weighted by Crippen LogP contribution is -2.30. The van der Waals surface area contributed by atoms with Crippen LogP contribution in [0, 0.1) is 27.7 Å². The summed E-state index contributed by atoms with van der Waals surface area (Å²) < 4.78 is 0. The molecule has 5 rings (SSSR count). The number of phenolic OH excluding ortho intramolecular Hbond substituents is 4. The van der Waals surface area contributed by atoms with Gasteiger partial charge in [-0.05, 0) is 116 Å². The van der Waals surface area contributed by atoms with Crippen molar-refractivity contribution in [3.63, 3.8) is 0 Å². The molecule has 0 aliphatic heterocycles. The smallest absolute Gasteiger partial charge is 0.121 e. The van der Waals surface area contributed by atoms with Gasteiger partial charge in [-0.25, -0.2) is 0 Å². The minimum atomic E-state index is -0.146. The van der Waals surface area contributed by atoms with Gasteiger partial charge in [0.1, 0.15) is 23.0 Å². The van der Waals surface area contributed by atoms with Crippen molar-refractivity contribution in [1.82, 2.24) is 0 Å². The lowest BCUT2D eigenvalue weighted by Gasteiger charge is -2.38. The van der Waals surface area contributed by atoms with Crippen molar-refractivity contribution in [3.05, 3.63) is 117 Å². The van der Waals surface area contributed by atoms with E-state index < -0.39 is 0 Å². The summed E-state index contributed by atoms with van der Waals surface area (Å²) in [5, 5.41) is 39.1. The number of hydrogen-bond donors (Lipinski definition) is 4. The van der Waals surface area contributed by atoms with Crippen LogP contribution < -0.4 is 0 Å². The van der Waals surface area contributed by atoms with E-state index in [-0.39, 0.29) is 10.8 Å². The molecule has 42 heavy (non-hydrogen) atoms. The molecule has 0 radical (unpaired) electrons. The SMILES string of the molecule is CCC(C)(c1cc(C)c(O)c(C)c1)c1cc(C)c(O)c(C)c1.Oc1ccc(C2(c3ccc(O)cc3)CCCCC2)cc1. The van der Waals surface area contributed by atoms with Gasteiger partial charge >= 0.3 is 0 Å². The van der Waals surface area contributed by atoms with Crippen LogP contribution in [0.3, 0.4) is 0 Å². The maximum Gasteiger partial charge on any atom is 0.121 e. The third kappa shape index (κ3) is 6.13. The van der Waals surface area contributed by atoms with Gasteiger partial charge in [0, 0.05) is 10.8 Å². The first-order valence-corrected chi connectivity index (χ1v) is 15.1. The highest BCUT2D eigenvalue weighted by atomic mass is 16.3. The summed E-state index contributed by atoms with van der Waals surface area (Å²) in [6.07, 6.45) is 6.94. The molecule has 4 nitrogen and oxygen atoms in total. The molecule has 222 valence electrons. The van der Waals surface area contributed by atoms with Crippen molar-refractivity contribution in [2.45, 2.75) is 90.9 Å². The van der Waals surface area contributed by atoms with E-state index in [9.17, 15) is 20.4 Å². The minimum Gasteiger partial charge on any atom is -0.508 e. The Kier molecular flexibility index (Phi) is 9.25. The van der Waals surface area contributed by atoms with Crippen molar-refractivity contribution in [1.29, 1.82) is 0 Å². The maximum absolute atomic E-state index is 10.0. The van der Waals surface area contributed by atoms with Crippen LogP contribution in [0.5, 0.6) is 23.0 Å². The first-order chi connectivity index (χ1) is 19.9. The Morgan fingerprint density at radius 2 is 0.905 bits per heavy atom. The normalized spacial score (nSPS) is 14.6. The molecular formula is C38H46O4. The summed E-state index contributed by atoms with van der Waals surface area (Å²) >= 11 is 0. The molecule has 0 atom stereocenters. The zero-order valence-corrected chi connectivity index (χ0v) is 26.0. The zero-order valence-electron chi connectivity index (χ0n) is 26.0. The number of phenols is 4. The maximum atomic E-state index is 10.0. The predicted octanol–water partition coefficient (Wildman–Crippen LogP) is 9.40. The summed E-state index contributed by atoms with van der Waals surface area (Å²) in [5.74, 6) is 1.37. The van der Waals surface area contributed by atoms with Gasteiger partial charge < -0.3 is 20.4 Å². The van der Waals surface area contributed by atoms with E-state index in [4.69, 9.17) is 0 Å². The van der Waals surface area contributed by atoms with E-state index in [1.165, 1.54) is 41.5 Å². The second-order valence-electron chi connectivity index (χ2n) is 12.3. The number of aryl methyl sites for hydroxylation is 4. The first-order valence-electron chi connectivity index (χ1n) is 15.1. The molecule has 0 spiro atoms. The summed E-state index contributed by atoms with van der Waals surface area (Å²) in [4.78, 5) is 0. The monoisotopic (exact) mass is 566 g/mol. The van der Waals surface area contributed by atoms with Crippen LogP contribution in [0.2, 0.25) is 0 Å². The Labute approximate surface area is 251 Å². The third-order valence-corrected chi connectivity index (χ3v) is 9.51. The number of benzene rings is 4. The van der Waals surface area contributed by atoms with Crippen LogP contribution in [0.15, 0.2) is 72.8 Å². The average Bonchev–Trinajstić information content (AvgIpc) is 2.99. The van der Waals surface area contributed by atoms with E-state index in [0.29, 0.717) is 23.0 Å². The molecule has 4 aromatic carbocycles. The van der Waals surface area contributed by atoms with Crippen LogP contribution in [0.4, 0.5) is 0 Å². The number of rotatable bonds is 5. The largest absolute Gasteiger partial charge is 0.508 e. The molecule has 0 unspecified atom stereocenters. The van der Waals surface area contributed by atoms with Gasteiger partial charge in [-0.15, -0.1) is 0 Å². The van der Waals surface area contributed by atoms with Gasteiger partial charge in [0.05, 0.1) is 0 Å². The second kappa shape index (κ2) is 12.5. The highest BCUT2D eigenvalue weighted by Gasteiger charge is 2.35. The number of hydrogen-bond acceptors (Lipinski definition) is 4. The first kappa shape index (κ1) is 31.0. The van der Waals surface area contributed by atoms with Gasteiger partial charge in [0.25, 0.3) is 0 Å². The lowest BCUT2D eigenvalue weighted by molar-refractivity contribution is 0.345. The van der Waals surface area contributed by atoms with Gasteiger partial charge in [-0.1, -0.05) is 81.6 Å². The molecule has 0 saturated heterocycles. The molecule has 4 heteroatoms. The fourth-order valence-corrected chi connectivity index (χ4v) is 6.58. The van der Waals surface area contributed by atoms with Crippen molar-refractivity contribution in [2.24, 2.45) is 0 Å². The topological polar surface area (TPSA) is 80.9 Å². The van der Waals surface area contributed by atoms with E-state index >= 15 is 0 Å². The van der Waals surface area contributed by atoms with Crippen LogP contribution >= 0.6 is 0 Å². The van der Waals surface area contributed by atoms with Gasteiger partial charge in [-0.3, -0.25) is 0 Å². The molecule has 1 fully saturated rings. The average molecular weight is 567 g/mol. The molecule has 0 heterocycles. The molecule has 1 aliphatic carbocycles. The fourth-order valence-electron chi connectivity index (χ4n) is 6.58. The third-order valence-electron chi connectivity index (χ3n) is 9.51. The van der Waals surface area contributed by atoms with Crippen LogP contribution in [-0.4, -0.2) is 20.4 Å². The van der Waals surface area contributed by atoms with Crippen molar-refractivity contribution >= 4 is 0 Å². The van der Waals surface area contributed by atoms with Crippen LogP contribution in [0.1, 0.15) is 96.9 Å². The van der Waals surface area contributed by atoms with Crippen LogP contribution in [0.25, 0.3) is 0 Å². The Morgan fingerprint density at radius 1 is 0.571 bits per heavy atom. The lowest BCUT2D eigenvalue weighted by atomic mass is 9.65. The van der Waals surface area contributed by atoms with Gasteiger partial charge in [0.15, 0.2) is 0 Å². The van der Waals surface area contributed by atoms with Crippen molar-refractivity contribution < 1.29 is 20.4 Å². The zero-order chi connectivity index (χ0) is 30.7.